The van der Waals surface area contributed by atoms with Gasteiger partial charge in [-0.15, -0.1) is 0 Å². The number of carbonyl (C=O) groups is 1. The van der Waals surface area contributed by atoms with Crippen LogP contribution in [-0.2, 0) is 4.74 Å². The summed E-state index contributed by atoms with van der Waals surface area (Å²) in [5.74, 6) is -0.520. The van der Waals surface area contributed by atoms with Crippen LogP contribution in [-0.4, -0.2) is 17.6 Å². The summed E-state index contributed by atoms with van der Waals surface area (Å²) in [5.41, 5.74) is 1.84. The molecule has 5 heteroatoms. The van der Waals surface area contributed by atoms with Crippen molar-refractivity contribution in [2.75, 3.05) is 6.61 Å². The summed E-state index contributed by atoms with van der Waals surface area (Å²) in [6.45, 7) is 1.97. The summed E-state index contributed by atoms with van der Waals surface area (Å²) in [4.78, 5) is 29.8. The highest BCUT2D eigenvalue weighted by Crippen LogP contribution is 2.27. The van der Waals surface area contributed by atoms with Gasteiger partial charge in [0.25, 0.3) is 0 Å². The van der Waals surface area contributed by atoms with Crippen molar-refractivity contribution in [3.05, 3.63) is 76.5 Å². The average molecular weight is 345 g/mol. The Morgan fingerprint density at radius 1 is 1.04 bits per heavy atom. The van der Waals surface area contributed by atoms with Crippen molar-refractivity contribution in [2.24, 2.45) is 0 Å². The molecule has 2 aromatic heterocycles. The highest BCUT2D eigenvalue weighted by atomic mass is 16.5. The molecule has 0 bridgehead atoms. The molecule has 2 aromatic carbocycles. The van der Waals surface area contributed by atoms with E-state index in [0.717, 1.165) is 5.56 Å². The molecule has 0 saturated heterocycles. The fraction of sp³-hybridized carbons (Fsp3) is 0.0952. The molecule has 0 N–H and O–H groups in total. The van der Waals surface area contributed by atoms with Crippen LogP contribution in [0.3, 0.4) is 0 Å². The van der Waals surface area contributed by atoms with Crippen molar-refractivity contribution in [3.63, 3.8) is 0 Å². The SMILES string of the molecule is CCOC(=O)c1cc2c(=O)c3ccccc3oc2nc1-c1ccccc1. The van der Waals surface area contributed by atoms with E-state index in [0.29, 0.717) is 16.7 Å². The number of carbonyl (C=O) groups excluding carboxylic acids is 1. The third-order valence-corrected chi connectivity index (χ3v) is 4.11. The number of ether oxygens (including phenoxy) is 1. The number of fused-ring (bicyclic) bond motifs is 2. The van der Waals surface area contributed by atoms with Crippen LogP contribution in [0.1, 0.15) is 17.3 Å². The number of hydrogen-bond donors (Lipinski definition) is 0. The van der Waals surface area contributed by atoms with Crippen LogP contribution in [0.25, 0.3) is 33.3 Å². The molecule has 0 radical (unpaired) electrons. The van der Waals surface area contributed by atoms with Crippen LogP contribution in [0, 0.1) is 0 Å². The zero-order valence-electron chi connectivity index (χ0n) is 14.1. The predicted octanol–water partition coefficient (Wildman–Crippen LogP) is 4.18. The van der Waals surface area contributed by atoms with E-state index >= 15 is 0 Å². The van der Waals surface area contributed by atoms with Crippen LogP contribution in [0.2, 0.25) is 0 Å². The monoisotopic (exact) mass is 345 g/mol. The molecule has 0 saturated carbocycles. The van der Waals surface area contributed by atoms with Gasteiger partial charge in [0.15, 0.2) is 0 Å². The maximum atomic E-state index is 12.8. The molecule has 0 aliphatic rings. The Balaban J connectivity index is 2.08. The van der Waals surface area contributed by atoms with Crippen molar-refractivity contribution in [3.8, 4) is 11.3 Å². The average Bonchev–Trinajstić information content (AvgIpc) is 2.68. The number of hydrogen-bond acceptors (Lipinski definition) is 5. The molecule has 0 spiro atoms. The first-order chi connectivity index (χ1) is 12.7. The maximum absolute atomic E-state index is 12.8. The summed E-state index contributed by atoms with van der Waals surface area (Å²) in [6.07, 6.45) is 0. The Morgan fingerprint density at radius 2 is 1.77 bits per heavy atom. The van der Waals surface area contributed by atoms with Crippen LogP contribution < -0.4 is 5.43 Å². The Hall–Kier alpha value is -3.47. The van der Waals surface area contributed by atoms with Gasteiger partial charge >= 0.3 is 5.97 Å². The van der Waals surface area contributed by atoms with E-state index < -0.39 is 5.97 Å². The standard InChI is InChI=1S/C21H15NO4/c1-2-25-21(24)15-12-16-19(23)14-10-6-7-11-17(14)26-20(16)22-18(15)13-8-4-3-5-9-13/h3-12H,2H2,1H3. The number of rotatable bonds is 3. The molecule has 0 amide bonds. The highest BCUT2D eigenvalue weighted by molar-refractivity contribution is 6.01. The lowest BCUT2D eigenvalue weighted by molar-refractivity contribution is 0.0527. The van der Waals surface area contributed by atoms with Gasteiger partial charge in [-0.05, 0) is 25.1 Å². The summed E-state index contributed by atoms with van der Waals surface area (Å²) in [6, 6.07) is 17.8. The van der Waals surface area contributed by atoms with Crippen molar-refractivity contribution < 1.29 is 13.9 Å². The van der Waals surface area contributed by atoms with E-state index in [1.165, 1.54) is 6.07 Å². The number of benzene rings is 2. The first-order valence-electron chi connectivity index (χ1n) is 8.28. The lowest BCUT2D eigenvalue weighted by Gasteiger charge is -2.10. The third kappa shape index (κ3) is 2.63. The van der Waals surface area contributed by atoms with E-state index in [-0.39, 0.29) is 28.7 Å². The van der Waals surface area contributed by atoms with E-state index in [1.54, 1.807) is 31.2 Å². The second kappa shape index (κ2) is 6.44. The predicted molar refractivity (Wildman–Crippen MR) is 99.2 cm³/mol. The van der Waals surface area contributed by atoms with Gasteiger partial charge in [-0.1, -0.05) is 42.5 Å². The summed E-state index contributed by atoms with van der Waals surface area (Å²) in [5, 5.41) is 0.704. The number of aromatic nitrogens is 1. The Bertz CT molecular complexity index is 1180. The highest BCUT2D eigenvalue weighted by Gasteiger charge is 2.20. The smallest absolute Gasteiger partial charge is 0.340 e. The van der Waals surface area contributed by atoms with E-state index in [1.807, 2.05) is 30.3 Å². The van der Waals surface area contributed by atoms with Crippen LogP contribution in [0.4, 0.5) is 0 Å². The minimum Gasteiger partial charge on any atom is -0.462 e. The maximum Gasteiger partial charge on any atom is 0.340 e. The quantitative estimate of drug-likeness (QED) is 0.411. The van der Waals surface area contributed by atoms with Crippen LogP contribution in [0.15, 0.2) is 69.9 Å². The minimum atomic E-state index is -0.520. The molecule has 128 valence electrons. The van der Waals surface area contributed by atoms with Crippen molar-refractivity contribution in [1.82, 2.24) is 4.98 Å². The van der Waals surface area contributed by atoms with Crippen LogP contribution >= 0.6 is 0 Å². The van der Waals surface area contributed by atoms with Gasteiger partial charge in [-0.2, -0.15) is 0 Å². The minimum absolute atomic E-state index is 0.195. The molecule has 0 atom stereocenters. The third-order valence-electron chi connectivity index (χ3n) is 4.11. The lowest BCUT2D eigenvalue weighted by Crippen LogP contribution is -2.11. The zero-order valence-corrected chi connectivity index (χ0v) is 14.1. The molecular weight excluding hydrogens is 330 g/mol. The number of pyridine rings is 1. The van der Waals surface area contributed by atoms with Crippen molar-refractivity contribution in [1.29, 1.82) is 0 Å². The lowest BCUT2D eigenvalue weighted by atomic mass is 10.0. The van der Waals surface area contributed by atoms with E-state index in [9.17, 15) is 9.59 Å². The first-order valence-corrected chi connectivity index (χ1v) is 8.28. The summed E-state index contributed by atoms with van der Waals surface area (Å²) < 4.78 is 11.0. The molecule has 5 nitrogen and oxygen atoms in total. The Morgan fingerprint density at radius 3 is 2.54 bits per heavy atom. The molecule has 26 heavy (non-hydrogen) atoms. The number of nitrogens with zero attached hydrogens (tertiary/aromatic N) is 1. The van der Waals surface area contributed by atoms with Gasteiger partial charge in [-0.3, -0.25) is 4.79 Å². The van der Waals surface area contributed by atoms with Crippen molar-refractivity contribution >= 4 is 28.0 Å². The van der Waals surface area contributed by atoms with Gasteiger partial charge in [-0.25, -0.2) is 9.78 Å². The molecule has 0 aliphatic heterocycles. The molecular formula is C21H15NO4. The van der Waals surface area contributed by atoms with Gasteiger partial charge < -0.3 is 9.15 Å². The van der Waals surface area contributed by atoms with Crippen molar-refractivity contribution in [2.45, 2.75) is 6.92 Å². The molecule has 4 aromatic rings. The number of para-hydroxylation sites is 1. The fourth-order valence-electron chi connectivity index (χ4n) is 2.91. The van der Waals surface area contributed by atoms with Gasteiger partial charge in [0.05, 0.1) is 28.6 Å². The summed E-state index contributed by atoms with van der Waals surface area (Å²) >= 11 is 0. The second-order valence-corrected chi connectivity index (χ2v) is 5.75. The molecule has 4 rings (SSSR count). The normalized spacial score (nSPS) is 11.0. The number of esters is 1. The molecule has 0 unspecified atom stereocenters. The zero-order chi connectivity index (χ0) is 18.1. The Labute approximate surface area is 148 Å². The Kier molecular flexibility index (Phi) is 3.97. The van der Waals surface area contributed by atoms with E-state index in [4.69, 9.17) is 9.15 Å². The van der Waals surface area contributed by atoms with Gasteiger partial charge in [0, 0.05) is 5.56 Å². The molecule has 2 heterocycles. The largest absolute Gasteiger partial charge is 0.462 e. The second-order valence-electron chi connectivity index (χ2n) is 5.75. The topological polar surface area (TPSA) is 69.4 Å². The van der Waals surface area contributed by atoms with E-state index in [2.05, 4.69) is 4.98 Å². The summed E-state index contributed by atoms with van der Waals surface area (Å²) in [7, 11) is 0. The van der Waals surface area contributed by atoms with Crippen LogP contribution in [0.5, 0.6) is 0 Å². The molecule has 0 aliphatic carbocycles. The van der Waals surface area contributed by atoms with Gasteiger partial charge in [0.2, 0.25) is 11.1 Å². The molecule has 0 fully saturated rings. The first kappa shape index (κ1) is 16.0. The fourth-order valence-corrected chi connectivity index (χ4v) is 2.91. The van der Waals surface area contributed by atoms with Gasteiger partial charge in [0.1, 0.15) is 5.58 Å².